The largest absolute Gasteiger partial charge is 0.350 e. The minimum atomic E-state index is -3.63. The summed E-state index contributed by atoms with van der Waals surface area (Å²) in [5, 5.41) is 1.11. The number of nitrogens with zero attached hydrogens (tertiary/aromatic N) is 2. The lowest BCUT2D eigenvalue weighted by Crippen LogP contribution is -2.29. The molecule has 5 nitrogen and oxygen atoms in total. The van der Waals surface area contributed by atoms with Gasteiger partial charge in [-0.1, -0.05) is 30.3 Å². The predicted molar refractivity (Wildman–Crippen MR) is 120 cm³/mol. The van der Waals surface area contributed by atoms with Crippen LogP contribution in [0.3, 0.4) is 0 Å². The predicted octanol–water partition coefficient (Wildman–Crippen LogP) is 4.30. The summed E-state index contributed by atoms with van der Waals surface area (Å²) in [6.45, 7) is 4.13. The van der Waals surface area contributed by atoms with Crippen LogP contribution in [0.1, 0.15) is 28.2 Å². The summed E-state index contributed by atoms with van der Waals surface area (Å²) in [6, 6.07) is 17.2. The Kier molecular flexibility index (Phi) is 5.45. The van der Waals surface area contributed by atoms with Gasteiger partial charge >= 0.3 is 0 Å². The van der Waals surface area contributed by atoms with E-state index in [0.717, 1.165) is 33.2 Å². The minimum Gasteiger partial charge on any atom is -0.350 e. The van der Waals surface area contributed by atoms with Crippen LogP contribution < -0.4 is 4.72 Å². The number of hydrogen-bond acceptors (Lipinski definition) is 3. The lowest BCUT2D eigenvalue weighted by Gasteiger charge is -2.18. The van der Waals surface area contributed by atoms with Gasteiger partial charge in [-0.15, -0.1) is 0 Å². The summed E-state index contributed by atoms with van der Waals surface area (Å²) in [6.07, 6.45) is 5.60. The van der Waals surface area contributed by atoms with Crippen molar-refractivity contribution in [2.45, 2.75) is 24.7 Å². The molecule has 1 atom stereocenters. The van der Waals surface area contributed by atoms with E-state index in [4.69, 9.17) is 0 Å². The van der Waals surface area contributed by atoms with Gasteiger partial charge in [-0.3, -0.25) is 4.98 Å². The molecule has 0 saturated carbocycles. The van der Waals surface area contributed by atoms with Crippen molar-refractivity contribution in [3.8, 4) is 0 Å². The van der Waals surface area contributed by atoms with Crippen molar-refractivity contribution in [3.63, 3.8) is 0 Å². The molecule has 0 spiro atoms. The summed E-state index contributed by atoms with van der Waals surface area (Å²) >= 11 is 0. The Bertz CT molecular complexity index is 1290. The molecular weight excluding hydrogens is 394 g/mol. The molecule has 2 aromatic carbocycles. The zero-order chi connectivity index (χ0) is 21.3. The van der Waals surface area contributed by atoms with Gasteiger partial charge in [-0.2, -0.15) is 0 Å². The highest BCUT2D eigenvalue weighted by Crippen LogP contribution is 2.31. The average molecular weight is 420 g/mol. The minimum absolute atomic E-state index is 0.161. The molecule has 0 unspecified atom stereocenters. The highest BCUT2D eigenvalue weighted by atomic mass is 32.2. The standard InChI is InChI=1S/C24H25N3O2S/c1-17-10-11-20(13-18(17)2)30(28,29)26-15-22(19-7-6-12-25-14-19)23-16-27(3)24-9-5-4-8-21(23)24/h4-14,16,22,26H,15H2,1-3H3/t22-/m1/s1. The number of aromatic nitrogens is 2. The fourth-order valence-electron chi connectivity index (χ4n) is 3.80. The van der Waals surface area contributed by atoms with Crippen molar-refractivity contribution in [2.75, 3.05) is 6.54 Å². The molecule has 6 heteroatoms. The molecule has 0 aliphatic rings. The molecule has 2 heterocycles. The summed E-state index contributed by atoms with van der Waals surface area (Å²) < 4.78 is 30.9. The van der Waals surface area contributed by atoms with Gasteiger partial charge in [0.2, 0.25) is 10.0 Å². The first-order valence-electron chi connectivity index (χ1n) is 9.87. The number of nitrogens with one attached hydrogen (secondary N) is 1. The number of aryl methyl sites for hydroxylation is 3. The topological polar surface area (TPSA) is 64.0 Å². The number of sulfonamides is 1. The van der Waals surface area contributed by atoms with Gasteiger partial charge in [0, 0.05) is 49.0 Å². The van der Waals surface area contributed by atoms with E-state index < -0.39 is 10.0 Å². The molecule has 0 aliphatic heterocycles. The second kappa shape index (κ2) is 8.05. The maximum absolute atomic E-state index is 13.0. The molecule has 0 fully saturated rings. The van der Waals surface area contributed by atoms with E-state index in [-0.39, 0.29) is 17.4 Å². The SMILES string of the molecule is Cc1ccc(S(=O)(=O)NC[C@H](c2cccnc2)c2cn(C)c3ccccc23)cc1C. The molecule has 0 bridgehead atoms. The highest BCUT2D eigenvalue weighted by Gasteiger charge is 2.23. The van der Waals surface area contributed by atoms with E-state index in [0.29, 0.717) is 0 Å². The molecule has 0 amide bonds. The lowest BCUT2D eigenvalue weighted by molar-refractivity contribution is 0.577. The van der Waals surface area contributed by atoms with Crippen LogP contribution in [0.25, 0.3) is 10.9 Å². The summed E-state index contributed by atoms with van der Waals surface area (Å²) in [7, 11) is -1.63. The van der Waals surface area contributed by atoms with E-state index in [1.54, 1.807) is 24.5 Å². The summed E-state index contributed by atoms with van der Waals surface area (Å²) in [4.78, 5) is 4.54. The van der Waals surface area contributed by atoms with E-state index in [1.807, 2.05) is 51.2 Å². The van der Waals surface area contributed by atoms with Gasteiger partial charge in [0.15, 0.2) is 0 Å². The van der Waals surface area contributed by atoms with E-state index in [2.05, 4.69) is 32.6 Å². The lowest BCUT2D eigenvalue weighted by atomic mass is 9.92. The van der Waals surface area contributed by atoms with Crippen LogP contribution in [0.2, 0.25) is 0 Å². The van der Waals surface area contributed by atoms with Gasteiger partial charge in [-0.25, -0.2) is 13.1 Å². The van der Waals surface area contributed by atoms with Crippen LogP contribution >= 0.6 is 0 Å². The Labute approximate surface area is 177 Å². The van der Waals surface area contributed by atoms with Gasteiger partial charge < -0.3 is 4.57 Å². The van der Waals surface area contributed by atoms with Crippen LogP contribution in [-0.4, -0.2) is 24.5 Å². The normalized spacial score (nSPS) is 12.9. The first-order chi connectivity index (χ1) is 14.4. The second-order valence-electron chi connectivity index (χ2n) is 7.65. The number of rotatable bonds is 6. The zero-order valence-corrected chi connectivity index (χ0v) is 18.1. The van der Waals surface area contributed by atoms with Crippen LogP contribution in [-0.2, 0) is 17.1 Å². The summed E-state index contributed by atoms with van der Waals surface area (Å²) in [5.41, 5.74) is 5.17. The molecule has 2 aromatic heterocycles. The number of benzene rings is 2. The van der Waals surface area contributed by atoms with Crippen LogP contribution in [0.4, 0.5) is 0 Å². The molecule has 0 saturated heterocycles. The first-order valence-corrected chi connectivity index (χ1v) is 11.4. The molecular formula is C24H25N3O2S. The van der Waals surface area contributed by atoms with E-state index >= 15 is 0 Å². The van der Waals surface area contributed by atoms with E-state index in [9.17, 15) is 8.42 Å². The third kappa shape index (κ3) is 3.88. The van der Waals surface area contributed by atoms with Crippen molar-refractivity contribution in [2.24, 2.45) is 7.05 Å². The fourth-order valence-corrected chi connectivity index (χ4v) is 4.93. The quantitative estimate of drug-likeness (QED) is 0.507. The van der Waals surface area contributed by atoms with Gasteiger partial charge in [0.05, 0.1) is 4.90 Å². The van der Waals surface area contributed by atoms with Crippen LogP contribution in [0, 0.1) is 13.8 Å². The Morgan fingerprint density at radius 3 is 2.57 bits per heavy atom. The first kappa shape index (κ1) is 20.3. The van der Waals surface area contributed by atoms with Gasteiger partial charge in [-0.05, 0) is 60.4 Å². The Hall–Kier alpha value is -2.96. The third-order valence-corrected chi connectivity index (χ3v) is 7.08. The molecule has 0 radical (unpaired) electrons. The Morgan fingerprint density at radius 2 is 1.83 bits per heavy atom. The smallest absolute Gasteiger partial charge is 0.240 e. The van der Waals surface area contributed by atoms with Crippen molar-refractivity contribution >= 4 is 20.9 Å². The van der Waals surface area contributed by atoms with Crippen LogP contribution in [0.5, 0.6) is 0 Å². The van der Waals surface area contributed by atoms with Crippen molar-refractivity contribution in [1.29, 1.82) is 0 Å². The maximum atomic E-state index is 13.0. The highest BCUT2D eigenvalue weighted by molar-refractivity contribution is 7.89. The van der Waals surface area contributed by atoms with Crippen molar-refractivity contribution in [3.05, 3.63) is 95.4 Å². The van der Waals surface area contributed by atoms with Crippen LogP contribution in [0.15, 0.2) is 78.1 Å². The number of fused-ring (bicyclic) bond motifs is 1. The number of hydrogen-bond donors (Lipinski definition) is 1. The van der Waals surface area contributed by atoms with Gasteiger partial charge in [0.1, 0.15) is 0 Å². The van der Waals surface area contributed by atoms with Crippen molar-refractivity contribution < 1.29 is 8.42 Å². The number of para-hydroxylation sites is 1. The Morgan fingerprint density at radius 1 is 1.03 bits per heavy atom. The monoisotopic (exact) mass is 419 g/mol. The molecule has 1 N–H and O–H groups in total. The number of pyridine rings is 1. The van der Waals surface area contributed by atoms with Gasteiger partial charge in [0.25, 0.3) is 0 Å². The fraction of sp³-hybridized carbons (Fsp3) is 0.208. The second-order valence-corrected chi connectivity index (χ2v) is 9.42. The molecule has 4 aromatic rings. The Balaban J connectivity index is 1.72. The van der Waals surface area contributed by atoms with Crippen molar-refractivity contribution in [1.82, 2.24) is 14.3 Å². The molecule has 154 valence electrons. The molecule has 30 heavy (non-hydrogen) atoms. The van der Waals surface area contributed by atoms with E-state index in [1.165, 1.54) is 0 Å². The zero-order valence-electron chi connectivity index (χ0n) is 17.3. The molecule has 4 rings (SSSR count). The maximum Gasteiger partial charge on any atom is 0.240 e. The third-order valence-electron chi connectivity index (χ3n) is 5.66. The average Bonchev–Trinajstić information content (AvgIpc) is 3.07. The molecule has 0 aliphatic carbocycles. The summed E-state index contributed by atoms with van der Waals surface area (Å²) in [5.74, 6) is -0.161.